The highest BCUT2D eigenvalue weighted by atomic mass is 32.2. The molecule has 2 saturated carbocycles. The fraction of sp³-hybridized carbons (Fsp3) is 0.583. The normalized spacial score (nSPS) is 21.9. The standard InChI is InChI=1S/C24H33N3O4S2/c1-15-7-8-18(14-21(15)33(30,31)27-19-9-11-20(28)12-10-19)23-16(2)25-24(32-23)26-22(29)13-17-5-3-4-6-17/h7-8,14,17,19-20,27-28H,3-6,9-13H2,1-2H3,(H,25,26,29)/t19-,20+. The molecule has 1 aromatic carbocycles. The number of thiazole rings is 1. The number of carbonyl (C=O) groups excluding carboxylic acids is 1. The molecule has 0 unspecified atom stereocenters. The molecular formula is C24H33N3O4S2. The fourth-order valence-electron chi connectivity index (χ4n) is 4.87. The zero-order valence-corrected chi connectivity index (χ0v) is 20.9. The van der Waals surface area contributed by atoms with Crippen LogP contribution in [-0.2, 0) is 14.8 Å². The predicted molar refractivity (Wildman–Crippen MR) is 131 cm³/mol. The maximum Gasteiger partial charge on any atom is 0.241 e. The summed E-state index contributed by atoms with van der Waals surface area (Å²) in [5.41, 5.74) is 2.21. The van der Waals surface area contributed by atoms with Crippen molar-refractivity contribution in [2.75, 3.05) is 5.32 Å². The number of hydrogen-bond acceptors (Lipinski definition) is 6. The molecule has 180 valence electrons. The van der Waals surface area contributed by atoms with Crippen molar-refractivity contribution in [3.05, 3.63) is 29.5 Å². The predicted octanol–water partition coefficient (Wildman–Crippen LogP) is 4.53. The Morgan fingerprint density at radius 2 is 1.82 bits per heavy atom. The van der Waals surface area contributed by atoms with Gasteiger partial charge in [0.15, 0.2) is 5.13 Å². The highest BCUT2D eigenvalue weighted by molar-refractivity contribution is 7.89. The summed E-state index contributed by atoms with van der Waals surface area (Å²) in [6.07, 6.45) is 7.33. The third-order valence-corrected chi connectivity index (χ3v) is 9.53. The highest BCUT2D eigenvalue weighted by Gasteiger charge is 2.26. The Hall–Kier alpha value is -1.81. The monoisotopic (exact) mass is 491 g/mol. The van der Waals surface area contributed by atoms with Crippen molar-refractivity contribution in [3.8, 4) is 10.4 Å². The summed E-state index contributed by atoms with van der Waals surface area (Å²) >= 11 is 1.37. The van der Waals surface area contributed by atoms with E-state index in [1.54, 1.807) is 13.0 Å². The summed E-state index contributed by atoms with van der Waals surface area (Å²) < 4.78 is 29.1. The Kier molecular flexibility index (Phi) is 7.53. The molecule has 1 heterocycles. The van der Waals surface area contributed by atoms with Gasteiger partial charge in [-0.1, -0.05) is 36.3 Å². The lowest BCUT2D eigenvalue weighted by Gasteiger charge is -2.26. The smallest absolute Gasteiger partial charge is 0.241 e. The van der Waals surface area contributed by atoms with Crippen molar-refractivity contribution in [1.29, 1.82) is 0 Å². The molecule has 4 rings (SSSR count). The van der Waals surface area contributed by atoms with Gasteiger partial charge >= 0.3 is 0 Å². The van der Waals surface area contributed by atoms with Crippen LogP contribution < -0.4 is 10.0 Å². The lowest BCUT2D eigenvalue weighted by Crippen LogP contribution is -2.38. The van der Waals surface area contributed by atoms with Crippen molar-refractivity contribution in [3.63, 3.8) is 0 Å². The van der Waals surface area contributed by atoms with Crippen LogP contribution in [0.4, 0.5) is 5.13 Å². The zero-order valence-electron chi connectivity index (χ0n) is 19.3. The Morgan fingerprint density at radius 1 is 1.12 bits per heavy atom. The number of rotatable bonds is 7. The first kappa shape index (κ1) is 24.3. The molecule has 0 atom stereocenters. The molecule has 0 aliphatic heterocycles. The number of sulfonamides is 1. The summed E-state index contributed by atoms with van der Waals surface area (Å²) in [6.45, 7) is 3.66. The first-order valence-corrected chi connectivity index (χ1v) is 14.1. The van der Waals surface area contributed by atoms with Crippen LogP contribution in [0.15, 0.2) is 23.1 Å². The van der Waals surface area contributed by atoms with E-state index in [4.69, 9.17) is 0 Å². The number of carbonyl (C=O) groups is 1. The SMILES string of the molecule is Cc1ccc(-c2sc(NC(=O)CC3CCCC3)nc2C)cc1S(=O)(=O)N[C@H]1CC[C@@H](O)CC1. The number of amides is 1. The van der Waals surface area contributed by atoms with E-state index in [0.717, 1.165) is 29.0 Å². The van der Waals surface area contributed by atoms with Crippen molar-refractivity contribution in [2.24, 2.45) is 5.92 Å². The molecule has 0 spiro atoms. The van der Waals surface area contributed by atoms with E-state index < -0.39 is 10.0 Å². The lowest BCUT2D eigenvalue weighted by atomic mass is 9.94. The summed E-state index contributed by atoms with van der Waals surface area (Å²) in [5, 5.41) is 13.2. The summed E-state index contributed by atoms with van der Waals surface area (Å²) in [4.78, 5) is 18.0. The van der Waals surface area contributed by atoms with Gasteiger partial charge in [-0.2, -0.15) is 0 Å². The van der Waals surface area contributed by atoms with Gasteiger partial charge in [0.25, 0.3) is 0 Å². The lowest BCUT2D eigenvalue weighted by molar-refractivity contribution is -0.117. The number of aliphatic hydroxyl groups is 1. The zero-order chi connectivity index (χ0) is 23.6. The van der Waals surface area contributed by atoms with Gasteiger partial charge in [-0.25, -0.2) is 18.1 Å². The van der Waals surface area contributed by atoms with E-state index in [2.05, 4.69) is 15.0 Å². The Labute approximate surface area is 200 Å². The first-order chi connectivity index (χ1) is 15.7. The number of nitrogens with zero attached hydrogens (tertiary/aromatic N) is 1. The Morgan fingerprint density at radius 3 is 2.52 bits per heavy atom. The highest BCUT2D eigenvalue weighted by Crippen LogP contribution is 2.35. The van der Waals surface area contributed by atoms with Gasteiger partial charge in [0.05, 0.1) is 21.6 Å². The van der Waals surface area contributed by atoms with Gasteiger partial charge < -0.3 is 10.4 Å². The minimum absolute atomic E-state index is 0.00354. The first-order valence-electron chi connectivity index (χ1n) is 11.8. The second-order valence-electron chi connectivity index (χ2n) is 9.44. The maximum absolute atomic E-state index is 13.1. The fourth-order valence-corrected chi connectivity index (χ4v) is 7.43. The van der Waals surface area contributed by atoms with Crippen molar-refractivity contribution >= 4 is 32.4 Å². The Bertz CT molecular complexity index is 1100. The van der Waals surface area contributed by atoms with E-state index in [1.807, 2.05) is 19.1 Å². The topological polar surface area (TPSA) is 108 Å². The molecule has 2 aliphatic carbocycles. The van der Waals surface area contributed by atoms with Crippen LogP contribution in [-0.4, -0.2) is 36.6 Å². The molecule has 2 aliphatic rings. The number of anilines is 1. The van der Waals surface area contributed by atoms with E-state index in [1.165, 1.54) is 24.2 Å². The molecule has 0 radical (unpaired) electrons. The molecule has 2 fully saturated rings. The average Bonchev–Trinajstić information content (AvgIpc) is 3.39. The van der Waals surface area contributed by atoms with Crippen LogP contribution in [0.5, 0.6) is 0 Å². The van der Waals surface area contributed by atoms with E-state index in [9.17, 15) is 18.3 Å². The van der Waals surface area contributed by atoms with Crippen LogP contribution in [0.3, 0.4) is 0 Å². The van der Waals surface area contributed by atoms with E-state index in [0.29, 0.717) is 48.7 Å². The minimum atomic E-state index is -3.69. The number of aliphatic hydroxyl groups excluding tert-OH is 1. The molecule has 0 saturated heterocycles. The molecule has 1 aromatic heterocycles. The molecule has 9 heteroatoms. The summed E-state index contributed by atoms with van der Waals surface area (Å²) in [7, 11) is -3.69. The molecule has 0 bridgehead atoms. The molecule has 7 nitrogen and oxygen atoms in total. The molecule has 33 heavy (non-hydrogen) atoms. The molecule has 1 amide bonds. The third kappa shape index (κ3) is 6.01. The van der Waals surface area contributed by atoms with Gasteiger partial charge in [-0.15, -0.1) is 0 Å². The van der Waals surface area contributed by atoms with Crippen molar-refractivity contribution in [1.82, 2.24) is 9.71 Å². The van der Waals surface area contributed by atoms with Crippen LogP contribution in [0.1, 0.15) is 69.0 Å². The average molecular weight is 492 g/mol. The van der Waals surface area contributed by atoms with E-state index in [-0.39, 0.29) is 22.9 Å². The quantitative estimate of drug-likeness (QED) is 0.527. The second-order valence-corrected chi connectivity index (χ2v) is 12.1. The van der Waals surface area contributed by atoms with Gasteiger partial charge in [0, 0.05) is 12.5 Å². The van der Waals surface area contributed by atoms with Gasteiger partial charge in [0.1, 0.15) is 0 Å². The largest absolute Gasteiger partial charge is 0.393 e. The molecule has 3 N–H and O–H groups in total. The third-order valence-electron chi connectivity index (χ3n) is 6.75. The molecule has 2 aromatic rings. The van der Waals surface area contributed by atoms with Crippen LogP contribution in [0, 0.1) is 19.8 Å². The number of hydrogen-bond donors (Lipinski definition) is 3. The number of nitrogens with one attached hydrogen (secondary N) is 2. The minimum Gasteiger partial charge on any atom is -0.393 e. The second kappa shape index (κ2) is 10.2. The molecular weight excluding hydrogens is 458 g/mol. The van der Waals surface area contributed by atoms with Gasteiger partial charge in [-0.3, -0.25) is 4.79 Å². The Balaban J connectivity index is 1.50. The van der Waals surface area contributed by atoms with Crippen molar-refractivity contribution in [2.45, 2.75) is 88.7 Å². The summed E-state index contributed by atoms with van der Waals surface area (Å²) in [6, 6.07) is 5.25. The van der Waals surface area contributed by atoms with Crippen molar-refractivity contribution < 1.29 is 18.3 Å². The van der Waals surface area contributed by atoms with E-state index >= 15 is 0 Å². The number of benzene rings is 1. The number of aromatic nitrogens is 1. The number of aryl methyl sites for hydroxylation is 2. The van der Waals surface area contributed by atoms with Crippen LogP contribution in [0.25, 0.3) is 10.4 Å². The van der Waals surface area contributed by atoms with Crippen LogP contribution >= 0.6 is 11.3 Å². The van der Waals surface area contributed by atoms with Crippen LogP contribution in [0.2, 0.25) is 0 Å². The van der Waals surface area contributed by atoms with Gasteiger partial charge in [-0.05, 0) is 75.5 Å². The maximum atomic E-state index is 13.1. The van der Waals surface area contributed by atoms with Gasteiger partial charge in [0.2, 0.25) is 15.9 Å². The summed E-state index contributed by atoms with van der Waals surface area (Å²) in [5.74, 6) is 0.464.